The van der Waals surface area contributed by atoms with Crippen molar-refractivity contribution >= 4 is 34.2 Å². The highest BCUT2D eigenvalue weighted by Crippen LogP contribution is 2.16. The van der Waals surface area contributed by atoms with Gasteiger partial charge in [0.25, 0.3) is 0 Å². The van der Waals surface area contributed by atoms with Crippen molar-refractivity contribution in [3.05, 3.63) is 34.1 Å². The van der Waals surface area contributed by atoms with Gasteiger partial charge in [-0.3, -0.25) is 4.79 Å². The number of carbonyl (C=O) groups is 1. The number of nitrogens with one attached hydrogen (secondary N) is 1. The van der Waals surface area contributed by atoms with Crippen LogP contribution < -0.4 is 11.1 Å². The van der Waals surface area contributed by atoms with Crippen LogP contribution in [0.3, 0.4) is 0 Å². The Hall–Kier alpha value is -0.650. The van der Waals surface area contributed by atoms with Crippen LogP contribution in [0.1, 0.15) is 19.4 Å². The van der Waals surface area contributed by atoms with Crippen LogP contribution in [0.25, 0.3) is 0 Å². The van der Waals surface area contributed by atoms with Crippen molar-refractivity contribution in [2.24, 2.45) is 11.7 Å². The van der Waals surface area contributed by atoms with E-state index in [9.17, 15) is 9.18 Å². The summed E-state index contributed by atoms with van der Waals surface area (Å²) in [7, 11) is 0. The zero-order chi connectivity index (χ0) is 13.7. The Bertz CT molecular complexity index is 429. The molecule has 6 heteroatoms. The van der Waals surface area contributed by atoms with Crippen LogP contribution in [0.4, 0.5) is 4.39 Å². The molecule has 0 heterocycles. The molecule has 0 bridgehead atoms. The maximum Gasteiger partial charge on any atom is 0.224 e. The fourth-order valence-corrected chi connectivity index (χ4v) is 1.85. The lowest BCUT2D eigenvalue weighted by Gasteiger charge is -2.15. The van der Waals surface area contributed by atoms with E-state index in [1.807, 2.05) is 0 Å². The van der Waals surface area contributed by atoms with Crippen molar-refractivity contribution < 1.29 is 9.18 Å². The van der Waals surface area contributed by atoms with Crippen LogP contribution in [-0.4, -0.2) is 18.5 Å². The minimum Gasteiger partial charge on any atom is -0.355 e. The molecule has 3 nitrogen and oxygen atoms in total. The summed E-state index contributed by atoms with van der Waals surface area (Å²) in [6, 6.07) is 4.67. The van der Waals surface area contributed by atoms with Crippen LogP contribution >= 0.6 is 28.3 Å². The third-order valence-electron chi connectivity index (χ3n) is 2.90. The number of amides is 1. The van der Waals surface area contributed by atoms with E-state index in [1.165, 1.54) is 6.07 Å². The van der Waals surface area contributed by atoms with Gasteiger partial charge < -0.3 is 11.1 Å². The maximum atomic E-state index is 13.0. The van der Waals surface area contributed by atoms with Gasteiger partial charge in [0, 0.05) is 18.5 Å². The Morgan fingerprint density at radius 1 is 1.47 bits per heavy atom. The van der Waals surface area contributed by atoms with E-state index in [2.05, 4.69) is 21.2 Å². The average Bonchev–Trinajstić information content (AvgIpc) is 2.32. The lowest BCUT2D eigenvalue weighted by atomic mass is 10.0. The number of nitrogens with two attached hydrogens (primary N) is 1. The third kappa shape index (κ3) is 5.89. The highest BCUT2D eigenvalue weighted by Gasteiger charge is 2.16. The summed E-state index contributed by atoms with van der Waals surface area (Å²) in [4.78, 5) is 11.6. The maximum absolute atomic E-state index is 13.0. The standard InChI is InChI=1S/C13H18BrFN2O.ClH/c1-8(9(2)16)13(18)17-6-5-10-3-4-12(15)11(14)7-10;/h3-4,7-9H,5-6,16H2,1-2H3,(H,17,18);1H. The molecule has 2 unspecified atom stereocenters. The number of hydrogen-bond acceptors (Lipinski definition) is 2. The molecule has 108 valence electrons. The molecular weight excluding hydrogens is 335 g/mol. The molecule has 0 radical (unpaired) electrons. The Morgan fingerprint density at radius 3 is 2.63 bits per heavy atom. The SMILES string of the molecule is CC(N)C(C)C(=O)NCCc1ccc(F)c(Br)c1.Cl. The summed E-state index contributed by atoms with van der Waals surface area (Å²) in [5, 5.41) is 2.82. The average molecular weight is 354 g/mol. The van der Waals surface area contributed by atoms with E-state index < -0.39 is 0 Å². The van der Waals surface area contributed by atoms with Crippen molar-refractivity contribution in [1.29, 1.82) is 0 Å². The first-order valence-electron chi connectivity index (χ1n) is 5.89. The summed E-state index contributed by atoms with van der Waals surface area (Å²) in [5.74, 6) is -0.538. The van der Waals surface area contributed by atoms with Gasteiger partial charge in [-0.05, 0) is 47.0 Å². The minimum absolute atomic E-state index is 0. The number of hydrogen-bond donors (Lipinski definition) is 2. The van der Waals surface area contributed by atoms with Crippen LogP contribution in [0.15, 0.2) is 22.7 Å². The van der Waals surface area contributed by atoms with Gasteiger partial charge in [-0.15, -0.1) is 12.4 Å². The summed E-state index contributed by atoms with van der Waals surface area (Å²) in [5.41, 5.74) is 6.62. The molecule has 3 N–H and O–H groups in total. The predicted molar refractivity (Wildman–Crippen MR) is 80.9 cm³/mol. The second-order valence-electron chi connectivity index (χ2n) is 4.44. The predicted octanol–water partition coefficient (Wildman–Crippen LogP) is 2.65. The molecule has 0 saturated carbocycles. The van der Waals surface area contributed by atoms with Crippen molar-refractivity contribution in [2.45, 2.75) is 26.3 Å². The molecular formula is C13H19BrClFN2O. The van der Waals surface area contributed by atoms with E-state index in [-0.39, 0.29) is 36.1 Å². The molecule has 2 atom stereocenters. The smallest absolute Gasteiger partial charge is 0.224 e. The number of rotatable bonds is 5. The lowest BCUT2D eigenvalue weighted by Crippen LogP contribution is -2.39. The van der Waals surface area contributed by atoms with Gasteiger partial charge in [-0.2, -0.15) is 0 Å². The third-order valence-corrected chi connectivity index (χ3v) is 3.51. The Morgan fingerprint density at radius 2 is 2.11 bits per heavy atom. The number of carbonyl (C=O) groups excluding carboxylic acids is 1. The summed E-state index contributed by atoms with van der Waals surface area (Å²) < 4.78 is 13.5. The normalized spacial score (nSPS) is 13.3. The van der Waals surface area contributed by atoms with E-state index in [4.69, 9.17) is 5.73 Å². The highest BCUT2D eigenvalue weighted by atomic mass is 79.9. The van der Waals surface area contributed by atoms with E-state index in [0.29, 0.717) is 17.4 Å². The van der Waals surface area contributed by atoms with Gasteiger partial charge in [0.1, 0.15) is 5.82 Å². The largest absolute Gasteiger partial charge is 0.355 e. The molecule has 0 aliphatic rings. The molecule has 1 aromatic carbocycles. The van der Waals surface area contributed by atoms with Gasteiger partial charge in [-0.1, -0.05) is 13.0 Å². The molecule has 19 heavy (non-hydrogen) atoms. The topological polar surface area (TPSA) is 55.1 Å². The van der Waals surface area contributed by atoms with E-state index in [0.717, 1.165) is 5.56 Å². The van der Waals surface area contributed by atoms with Crippen LogP contribution in [-0.2, 0) is 11.2 Å². The van der Waals surface area contributed by atoms with Crippen molar-refractivity contribution in [2.75, 3.05) is 6.54 Å². The second-order valence-corrected chi connectivity index (χ2v) is 5.29. The lowest BCUT2D eigenvalue weighted by molar-refractivity contribution is -0.124. The van der Waals surface area contributed by atoms with Crippen molar-refractivity contribution in [3.8, 4) is 0 Å². The molecule has 0 aliphatic carbocycles. The molecule has 1 rings (SSSR count). The molecule has 0 aromatic heterocycles. The van der Waals surface area contributed by atoms with Gasteiger partial charge in [0.2, 0.25) is 5.91 Å². The molecule has 0 saturated heterocycles. The molecule has 1 amide bonds. The fourth-order valence-electron chi connectivity index (χ4n) is 1.42. The zero-order valence-electron chi connectivity index (χ0n) is 11.0. The first-order valence-corrected chi connectivity index (χ1v) is 6.68. The van der Waals surface area contributed by atoms with Crippen LogP contribution in [0, 0.1) is 11.7 Å². The summed E-state index contributed by atoms with van der Waals surface area (Å²) >= 11 is 3.13. The summed E-state index contributed by atoms with van der Waals surface area (Å²) in [6.07, 6.45) is 0.663. The Labute approximate surface area is 127 Å². The van der Waals surface area contributed by atoms with Gasteiger partial charge in [0.15, 0.2) is 0 Å². The summed E-state index contributed by atoms with van der Waals surface area (Å²) in [6.45, 7) is 4.13. The highest BCUT2D eigenvalue weighted by molar-refractivity contribution is 9.10. The number of benzene rings is 1. The minimum atomic E-state index is -0.284. The quantitative estimate of drug-likeness (QED) is 0.855. The monoisotopic (exact) mass is 352 g/mol. The zero-order valence-corrected chi connectivity index (χ0v) is 13.4. The molecule has 0 aliphatic heterocycles. The van der Waals surface area contributed by atoms with Gasteiger partial charge in [-0.25, -0.2) is 4.39 Å². The van der Waals surface area contributed by atoms with Crippen LogP contribution in [0.2, 0.25) is 0 Å². The Balaban J connectivity index is 0.00000324. The van der Waals surface area contributed by atoms with Crippen molar-refractivity contribution in [3.63, 3.8) is 0 Å². The Kier molecular flexibility index (Phi) is 8.22. The first kappa shape index (κ1) is 18.4. The number of halogens is 3. The van der Waals surface area contributed by atoms with Gasteiger partial charge >= 0.3 is 0 Å². The molecule has 1 aromatic rings. The van der Waals surface area contributed by atoms with E-state index >= 15 is 0 Å². The van der Waals surface area contributed by atoms with Gasteiger partial charge in [0.05, 0.1) is 4.47 Å². The molecule has 0 fully saturated rings. The second kappa shape index (κ2) is 8.51. The van der Waals surface area contributed by atoms with Crippen LogP contribution in [0.5, 0.6) is 0 Å². The first-order chi connectivity index (χ1) is 8.41. The van der Waals surface area contributed by atoms with E-state index in [1.54, 1.807) is 26.0 Å². The fraction of sp³-hybridized carbons (Fsp3) is 0.462. The van der Waals surface area contributed by atoms with Crippen molar-refractivity contribution in [1.82, 2.24) is 5.32 Å². The molecule has 0 spiro atoms.